The van der Waals surface area contributed by atoms with Gasteiger partial charge >= 0.3 is 0 Å². The zero-order chi connectivity index (χ0) is 10.1. The molecule has 14 heavy (non-hydrogen) atoms. The van der Waals surface area contributed by atoms with Crippen LogP contribution in [0.15, 0.2) is 28.9 Å². The maximum Gasteiger partial charge on any atom is 0.0825 e. The van der Waals surface area contributed by atoms with Crippen LogP contribution in [-0.2, 0) is 6.54 Å². The molecule has 0 spiro atoms. The van der Waals surface area contributed by atoms with Crippen LogP contribution in [-0.4, -0.2) is 15.8 Å². The van der Waals surface area contributed by atoms with Crippen LogP contribution in [0.2, 0.25) is 0 Å². The van der Waals surface area contributed by atoms with E-state index in [9.17, 15) is 0 Å². The molecule has 2 aromatic rings. The van der Waals surface area contributed by atoms with Gasteiger partial charge in [0.25, 0.3) is 0 Å². The molecule has 1 unspecified atom stereocenters. The minimum Gasteiger partial charge on any atom is -0.326 e. The van der Waals surface area contributed by atoms with Crippen LogP contribution in [0.3, 0.4) is 0 Å². The summed E-state index contributed by atoms with van der Waals surface area (Å²) >= 11 is 3.52. The standard InChI is InChI=1S/C10H12BrN3/c1-7(12)6-14-10-8(5-13-14)3-2-4-9(10)11/h2-5,7H,6,12H2,1H3. The average molecular weight is 254 g/mol. The van der Waals surface area contributed by atoms with E-state index in [4.69, 9.17) is 5.73 Å². The molecule has 4 heteroatoms. The fourth-order valence-corrected chi connectivity index (χ4v) is 2.10. The first-order chi connectivity index (χ1) is 6.68. The van der Waals surface area contributed by atoms with Gasteiger partial charge in [-0.1, -0.05) is 12.1 Å². The number of halogens is 1. The highest BCUT2D eigenvalue weighted by Crippen LogP contribution is 2.23. The zero-order valence-electron chi connectivity index (χ0n) is 7.94. The molecule has 74 valence electrons. The molecule has 2 N–H and O–H groups in total. The number of benzene rings is 1. The van der Waals surface area contributed by atoms with E-state index in [1.807, 2.05) is 36.0 Å². The third-order valence-electron chi connectivity index (χ3n) is 2.07. The number of aromatic nitrogens is 2. The molecule has 0 fully saturated rings. The molecule has 1 atom stereocenters. The van der Waals surface area contributed by atoms with E-state index in [1.54, 1.807) is 0 Å². The van der Waals surface area contributed by atoms with Gasteiger partial charge in [-0.15, -0.1) is 0 Å². The van der Waals surface area contributed by atoms with Gasteiger partial charge in [-0.05, 0) is 28.9 Å². The summed E-state index contributed by atoms with van der Waals surface area (Å²) in [6, 6.07) is 6.18. The van der Waals surface area contributed by atoms with Crippen LogP contribution in [0.4, 0.5) is 0 Å². The van der Waals surface area contributed by atoms with Crippen molar-refractivity contribution in [3.05, 3.63) is 28.9 Å². The molecule has 0 aliphatic heterocycles. The fourth-order valence-electron chi connectivity index (χ4n) is 1.51. The Balaban J connectivity index is 2.55. The molecular formula is C10H12BrN3. The summed E-state index contributed by atoms with van der Waals surface area (Å²) in [5, 5.41) is 5.44. The molecule has 0 aliphatic rings. The van der Waals surface area contributed by atoms with Gasteiger partial charge in [-0.25, -0.2) is 0 Å². The summed E-state index contributed by atoms with van der Waals surface area (Å²) < 4.78 is 3.00. The van der Waals surface area contributed by atoms with Gasteiger partial charge < -0.3 is 5.73 Å². The van der Waals surface area contributed by atoms with Gasteiger partial charge in [0.05, 0.1) is 18.3 Å². The fraction of sp³-hybridized carbons (Fsp3) is 0.300. The number of hydrogen-bond donors (Lipinski definition) is 1. The highest BCUT2D eigenvalue weighted by atomic mass is 79.9. The normalized spacial score (nSPS) is 13.4. The van der Waals surface area contributed by atoms with Crippen LogP contribution >= 0.6 is 15.9 Å². The Kier molecular flexibility index (Phi) is 2.56. The number of nitrogens with two attached hydrogens (primary N) is 1. The lowest BCUT2D eigenvalue weighted by molar-refractivity contribution is 0.552. The summed E-state index contributed by atoms with van der Waals surface area (Å²) in [7, 11) is 0. The van der Waals surface area contributed by atoms with Crippen molar-refractivity contribution in [3.8, 4) is 0 Å². The Morgan fingerprint density at radius 1 is 1.57 bits per heavy atom. The maximum atomic E-state index is 5.75. The quantitative estimate of drug-likeness (QED) is 0.892. The van der Waals surface area contributed by atoms with Gasteiger partial charge in [-0.2, -0.15) is 5.10 Å². The molecule has 0 amide bonds. The number of fused-ring (bicyclic) bond motifs is 1. The van der Waals surface area contributed by atoms with Crippen molar-refractivity contribution in [2.45, 2.75) is 19.5 Å². The molecular weight excluding hydrogens is 242 g/mol. The molecule has 0 saturated carbocycles. The van der Waals surface area contributed by atoms with E-state index in [1.165, 1.54) is 0 Å². The van der Waals surface area contributed by atoms with Crippen molar-refractivity contribution in [1.82, 2.24) is 9.78 Å². The van der Waals surface area contributed by atoms with E-state index in [-0.39, 0.29) is 6.04 Å². The van der Waals surface area contributed by atoms with Crippen molar-refractivity contribution in [3.63, 3.8) is 0 Å². The minimum absolute atomic E-state index is 0.116. The monoisotopic (exact) mass is 253 g/mol. The topological polar surface area (TPSA) is 43.8 Å². The number of para-hydroxylation sites is 1. The third-order valence-corrected chi connectivity index (χ3v) is 2.71. The van der Waals surface area contributed by atoms with Gasteiger partial charge in [0, 0.05) is 15.9 Å². The lowest BCUT2D eigenvalue weighted by atomic mass is 10.2. The number of hydrogen-bond acceptors (Lipinski definition) is 2. The highest BCUT2D eigenvalue weighted by molar-refractivity contribution is 9.10. The lowest BCUT2D eigenvalue weighted by Gasteiger charge is -2.07. The first-order valence-corrected chi connectivity index (χ1v) is 5.33. The van der Waals surface area contributed by atoms with E-state index < -0.39 is 0 Å². The van der Waals surface area contributed by atoms with Crippen molar-refractivity contribution in [2.75, 3.05) is 0 Å². The van der Waals surface area contributed by atoms with Gasteiger partial charge in [0.2, 0.25) is 0 Å². The molecule has 1 aromatic carbocycles. The Hall–Kier alpha value is -0.870. The third kappa shape index (κ3) is 1.67. The molecule has 0 aliphatic carbocycles. The predicted molar refractivity (Wildman–Crippen MR) is 61.1 cm³/mol. The molecule has 0 bridgehead atoms. The van der Waals surface area contributed by atoms with Crippen molar-refractivity contribution in [1.29, 1.82) is 0 Å². The second-order valence-electron chi connectivity index (χ2n) is 3.48. The van der Waals surface area contributed by atoms with Crippen LogP contribution in [0, 0.1) is 0 Å². The smallest absolute Gasteiger partial charge is 0.0825 e. The minimum atomic E-state index is 0.116. The summed E-state index contributed by atoms with van der Waals surface area (Å²) in [5.74, 6) is 0. The number of nitrogens with zero attached hydrogens (tertiary/aromatic N) is 2. The summed E-state index contributed by atoms with van der Waals surface area (Å²) in [4.78, 5) is 0. The summed E-state index contributed by atoms with van der Waals surface area (Å²) in [5.41, 5.74) is 6.86. The first kappa shape index (κ1) is 9.68. The molecule has 1 aromatic heterocycles. The van der Waals surface area contributed by atoms with E-state index in [0.29, 0.717) is 0 Å². The Bertz CT molecular complexity index is 448. The summed E-state index contributed by atoms with van der Waals surface area (Å²) in [6.45, 7) is 2.72. The van der Waals surface area contributed by atoms with Crippen LogP contribution in [0.5, 0.6) is 0 Å². The predicted octanol–water partition coefficient (Wildman–Crippen LogP) is 2.15. The summed E-state index contributed by atoms with van der Waals surface area (Å²) in [6.07, 6.45) is 1.86. The van der Waals surface area contributed by atoms with Gasteiger partial charge in [0.15, 0.2) is 0 Å². The van der Waals surface area contributed by atoms with Crippen LogP contribution < -0.4 is 5.73 Å². The largest absolute Gasteiger partial charge is 0.326 e. The Morgan fingerprint density at radius 2 is 2.36 bits per heavy atom. The highest BCUT2D eigenvalue weighted by Gasteiger charge is 2.06. The van der Waals surface area contributed by atoms with Crippen molar-refractivity contribution >= 4 is 26.8 Å². The molecule has 2 rings (SSSR count). The van der Waals surface area contributed by atoms with Gasteiger partial charge in [-0.3, -0.25) is 4.68 Å². The van der Waals surface area contributed by atoms with Crippen molar-refractivity contribution < 1.29 is 0 Å². The lowest BCUT2D eigenvalue weighted by Crippen LogP contribution is -2.22. The second kappa shape index (κ2) is 3.71. The van der Waals surface area contributed by atoms with E-state index in [0.717, 1.165) is 21.9 Å². The number of rotatable bonds is 2. The molecule has 1 heterocycles. The average Bonchev–Trinajstić information content (AvgIpc) is 2.49. The second-order valence-corrected chi connectivity index (χ2v) is 4.34. The molecule has 3 nitrogen and oxygen atoms in total. The Labute approximate surface area is 91.0 Å². The first-order valence-electron chi connectivity index (χ1n) is 4.54. The van der Waals surface area contributed by atoms with Crippen molar-refractivity contribution in [2.24, 2.45) is 5.73 Å². The molecule has 0 radical (unpaired) electrons. The Morgan fingerprint density at radius 3 is 3.07 bits per heavy atom. The van der Waals surface area contributed by atoms with E-state index in [2.05, 4.69) is 21.0 Å². The van der Waals surface area contributed by atoms with Crippen LogP contribution in [0.25, 0.3) is 10.9 Å². The molecule has 0 saturated heterocycles. The maximum absolute atomic E-state index is 5.75. The van der Waals surface area contributed by atoms with Crippen LogP contribution in [0.1, 0.15) is 6.92 Å². The zero-order valence-corrected chi connectivity index (χ0v) is 9.53. The van der Waals surface area contributed by atoms with E-state index >= 15 is 0 Å². The SMILES string of the molecule is CC(N)Cn1ncc2cccc(Br)c21. The van der Waals surface area contributed by atoms with Gasteiger partial charge in [0.1, 0.15) is 0 Å².